The molecule has 1 fully saturated rings. The van der Waals surface area contributed by atoms with Crippen LogP contribution in [0.15, 0.2) is 40.1 Å². The third kappa shape index (κ3) is 6.50. The molecule has 204 valence electrons. The second-order valence-electron chi connectivity index (χ2n) is 8.52. The minimum absolute atomic E-state index is 0.0985. The second-order valence-corrected chi connectivity index (χ2v) is 12.6. The number of rotatable bonds is 6. The lowest BCUT2D eigenvalue weighted by molar-refractivity contribution is -0.189. The molecule has 15 heteroatoms. The number of hydrogen-bond acceptors (Lipinski definition) is 7. The van der Waals surface area contributed by atoms with Crippen molar-refractivity contribution in [2.24, 2.45) is 0 Å². The molecule has 0 aliphatic carbocycles. The molecule has 3 rings (SSSR count). The summed E-state index contributed by atoms with van der Waals surface area (Å²) >= 11 is 0. The number of anilines is 1. The van der Waals surface area contributed by atoms with Crippen LogP contribution in [0.3, 0.4) is 0 Å². The molecule has 2 aromatic carbocycles. The number of carbonyl (C=O) groups excluding carboxylic acids is 1. The van der Waals surface area contributed by atoms with Crippen LogP contribution in [0.4, 0.5) is 27.6 Å². The van der Waals surface area contributed by atoms with Crippen molar-refractivity contribution in [1.29, 1.82) is 0 Å². The number of ether oxygens (including phenoxy) is 1. The monoisotopic (exact) mass is 570 g/mol. The molecular formula is C22H23F5N2O6S2. The average molecular weight is 571 g/mol. The summed E-state index contributed by atoms with van der Waals surface area (Å²) in [6, 6.07) is 4.29. The van der Waals surface area contributed by atoms with Crippen LogP contribution in [0.1, 0.15) is 17.3 Å². The molecule has 0 bridgehead atoms. The zero-order valence-electron chi connectivity index (χ0n) is 19.8. The molecule has 0 aromatic heterocycles. The summed E-state index contributed by atoms with van der Waals surface area (Å²) in [7, 11) is -7.67. The van der Waals surface area contributed by atoms with E-state index in [1.165, 1.54) is 9.80 Å². The quantitative estimate of drug-likeness (QED) is 0.492. The van der Waals surface area contributed by atoms with Crippen molar-refractivity contribution < 1.29 is 48.3 Å². The zero-order chi connectivity index (χ0) is 27.9. The first-order chi connectivity index (χ1) is 16.9. The highest BCUT2D eigenvalue weighted by atomic mass is 32.2. The van der Waals surface area contributed by atoms with Crippen LogP contribution < -0.4 is 9.64 Å². The van der Waals surface area contributed by atoms with Crippen molar-refractivity contribution >= 4 is 31.3 Å². The topological polar surface area (TPSA) is 101 Å². The van der Waals surface area contributed by atoms with Gasteiger partial charge in [-0.15, -0.1) is 0 Å². The van der Waals surface area contributed by atoms with Gasteiger partial charge in [0.25, 0.3) is 5.91 Å². The molecule has 0 N–H and O–H groups in total. The van der Waals surface area contributed by atoms with E-state index in [4.69, 9.17) is 4.74 Å². The van der Waals surface area contributed by atoms with E-state index in [1.807, 2.05) is 0 Å². The SMILES string of the molecule is C[C@@H](Oc1ccc(S(C)(=O)=O)cc1C(=O)N1CCN(c2c(F)cc(S(C)(=O)=O)cc2F)CC1)C(F)(F)F. The average Bonchev–Trinajstić information content (AvgIpc) is 2.77. The Morgan fingerprint density at radius 1 is 0.892 bits per heavy atom. The fraction of sp³-hybridized carbons (Fsp3) is 0.409. The normalized spacial score (nSPS) is 16.0. The summed E-state index contributed by atoms with van der Waals surface area (Å²) in [5.74, 6) is -3.53. The number of nitrogens with zero attached hydrogens (tertiary/aromatic N) is 2. The number of piperazine rings is 1. The van der Waals surface area contributed by atoms with Gasteiger partial charge in [-0.25, -0.2) is 25.6 Å². The number of halogens is 5. The maximum absolute atomic E-state index is 14.6. The van der Waals surface area contributed by atoms with Gasteiger partial charge in [0, 0.05) is 38.7 Å². The molecule has 0 spiro atoms. The van der Waals surface area contributed by atoms with Crippen LogP contribution in [-0.4, -0.2) is 78.6 Å². The number of alkyl halides is 3. The number of sulfone groups is 2. The van der Waals surface area contributed by atoms with Gasteiger partial charge in [-0.05, 0) is 37.3 Å². The Morgan fingerprint density at radius 2 is 1.41 bits per heavy atom. The molecule has 1 aliphatic heterocycles. The Morgan fingerprint density at radius 3 is 1.86 bits per heavy atom. The smallest absolute Gasteiger partial charge is 0.425 e. The van der Waals surface area contributed by atoms with Crippen LogP contribution in [0.2, 0.25) is 0 Å². The molecule has 1 amide bonds. The highest BCUT2D eigenvalue weighted by Crippen LogP contribution is 2.31. The number of benzene rings is 2. The van der Waals surface area contributed by atoms with E-state index in [9.17, 15) is 43.6 Å². The maximum atomic E-state index is 14.6. The van der Waals surface area contributed by atoms with Gasteiger partial charge >= 0.3 is 6.18 Å². The van der Waals surface area contributed by atoms with Crippen LogP contribution in [0.25, 0.3) is 0 Å². The van der Waals surface area contributed by atoms with Crippen LogP contribution in [0.5, 0.6) is 5.75 Å². The summed E-state index contributed by atoms with van der Waals surface area (Å²) in [5, 5.41) is 0. The van der Waals surface area contributed by atoms with Gasteiger partial charge in [-0.3, -0.25) is 4.79 Å². The summed E-state index contributed by atoms with van der Waals surface area (Å²) in [6.45, 7) is 0.291. The molecule has 0 unspecified atom stereocenters. The molecule has 0 radical (unpaired) electrons. The molecule has 1 saturated heterocycles. The van der Waals surface area contributed by atoms with Crippen molar-refractivity contribution in [3.05, 3.63) is 47.5 Å². The fourth-order valence-electron chi connectivity index (χ4n) is 3.63. The third-order valence-corrected chi connectivity index (χ3v) is 7.88. The predicted molar refractivity (Wildman–Crippen MR) is 123 cm³/mol. The maximum Gasteiger partial charge on any atom is 0.425 e. The molecule has 1 aliphatic rings. The van der Waals surface area contributed by atoms with Crippen molar-refractivity contribution in [1.82, 2.24) is 4.90 Å². The zero-order valence-corrected chi connectivity index (χ0v) is 21.5. The Labute approximate surface area is 210 Å². The summed E-state index contributed by atoms with van der Waals surface area (Å²) < 4.78 is 120. The van der Waals surface area contributed by atoms with E-state index in [2.05, 4.69) is 0 Å². The molecule has 2 aromatic rings. The predicted octanol–water partition coefficient (Wildman–Crippen LogP) is 3.06. The van der Waals surface area contributed by atoms with E-state index >= 15 is 0 Å². The van der Waals surface area contributed by atoms with Gasteiger partial charge in [-0.2, -0.15) is 13.2 Å². The Balaban J connectivity index is 1.87. The molecule has 1 heterocycles. The molecule has 8 nitrogen and oxygen atoms in total. The number of hydrogen-bond donors (Lipinski definition) is 0. The lowest BCUT2D eigenvalue weighted by atomic mass is 10.1. The Hall–Kier alpha value is -2.94. The second kappa shape index (κ2) is 10.1. The number of amides is 1. The van der Waals surface area contributed by atoms with E-state index in [1.54, 1.807) is 0 Å². The van der Waals surface area contributed by atoms with Gasteiger partial charge < -0.3 is 14.5 Å². The van der Waals surface area contributed by atoms with Gasteiger partial charge in [0.15, 0.2) is 37.4 Å². The largest absolute Gasteiger partial charge is 0.480 e. The van der Waals surface area contributed by atoms with Crippen LogP contribution >= 0.6 is 0 Å². The van der Waals surface area contributed by atoms with Gasteiger partial charge in [0.1, 0.15) is 11.4 Å². The highest BCUT2D eigenvalue weighted by Gasteiger charge is 2.39. The number of carbonyl (C=O) groups is 1. The van der Waals surface area contributed by atoms with Crippen LogP contribution in [0, 0.1) is 11.6 Å². The summed E-state index contributed by atoms with van der Waals surface area (Å²) in [6.07, 6.45) is -5.37. The first kappa shape index (κ1) is 28.6. The van der Waals surface area contributed by atoms with Gasteiger partial charge in [0.2, 0.25) is 0 Å². The molecular weight excluding hydrogens is 547 g/mol. The van der Waals surface area contributed by atoms with Crippen LogP contribution in [-0.2, 0) is 19.7 Å². The fourth-order valence-corrected chi connectivity index (χ4v) is 4.91. The van der Waals surface area contributed by atoms with Crippen molar-refractivity contribution in [2.75, 3.05) is 43.6 Å². The minimum atomic E-state index is -4.75. The molecule has 0 saturated carbocycles. The van der Waals surface area contributed by atoms with Crippen molar-refractivity contribution in [3.8, 4) is 5.75 Å². The molecule has 37 heavy (non-hydrogen) atoms. The van der Waals surface area contributed by atoms with E-state index < -0.39 is 71.4 Å². The van der Waals surface area contributed by atoms with Gasteiger partial charge in [0.05, 0.1) is 15.4 Å². The minimum Gasteiger partial charge on any atom is -0.480 e. The lowest BCUT2D eigenvalue weighted by Gasteiger charge is -2.36. The van der Waals surface area contributed by atoms with E-state index in [-0.39, 0.29) is 31.1 Å². The van der Waals surface area contributed by atoms with E-state index in [0.29, 0.717) is 12.1 Å². The Kier molecular flexibility index (Phi) is 7.80. The van der Waals surface area contributed by atoms with E-state index in [0.717, 1.165) is 37.6 Å². The molecule has 1 atom stereocenters. The first-order valence-electron chi connectivity index (χ1n) is 10.7. The van der Waals surface area contributed by atoms with Crippen molar-refractivity contribution in [2.45, 2.75) is 29.0 Å². The Bertz CT molecular complexity index is 1400. The highest BCUT2D eigenvalue weighted by molar-refractivity contribution is 7.91. The standard InChI is InChI=1S/C22H23F5N2O6S2/c1-13(22(25,26)27)35-19-5-4-14(36(2,31)32)10-16(19)21(30)29-8-6-28(7-9-29)20-17(23)11-15(12-18(20)24)37(3,33)34/h4-5,10-13H,6-9H2,1-3H3/t13-/m1/s1. The first-order valence-corrected chi connectivity index (χ1v) is 14.5. The summed E-state index contributed by atoms with van der Waals surface area (Å²) in [5.41, 5.74) is -0.899. The van der Waals surface area contributed by atoms with Crippen molar-refractivity contribution in [3.63, 3.8) is 0 Å². The lowest BCUT2D eigenvalue weighted by Crippen LogP contribution is -2.49. The summed E-state index contributed by atoms with van der Waals surface area (Å²) in [4.78, 5) is 14.8. The third-order valence-electron chi connectivity index (χ3n) is 5.68. The van der Waals surface area contributed by atoms with Gasteiger partial charge in [-0.1, -0.05) is 0 Å².